The predicted molar refractivity (Wildman–Crippen MR) is 192 cm³/mol. The average molecular weight is 672 g/mol. The maximum atomic E-state index is 14.0. The van der Waals surface area contributed by atoms with E-state index in [1.165, 1.54) is 0 Å². The zero-order valence-electron chi connectivity index (χ0n) is 31.7. The summed E-state index contributed by atoms with van der Waals surface area (Å²) in [7, 11) is 4.99. The summed E-state index contributed by atoms with van der Waals surface area (Å²) < 4.78 is 11.9. The molecule has 0 bridgehead atoms. The Morgan fingerprint density at radius 3 is 2.10 bits per heavy atom. The number of hydrogen-bond donors (Lipinski definition) is 1. The fourth-order valence-corrected chi connectivity index (χ4v) is 7.00. The van der Waals surface area contributed by atoms with Gasteiger partial charge in [0.25, 0.3) is 0 Å². The molecule has 1 heterocycles. The summed E-state index contributed by atoms with van der Waals surface area (Å²) in [5.41, 5.74) is -0.532. The highest BCUT2D eigenvalue weighted by molar-refractivity contribution is 5.90. The molecule has 7 atom stereocenters. The monoisotopic (exact) mass is 671 g/mol. The SMILES string of the molecule is CC[C@H](C)[C@@H]([C@@H](CC(=O)N1CCC[C@H]1[C@H](OC)[C@@H](C)C(=O)NCCC1C=CC=CC=C1)OC)N(C)C(=O)[C@@H](CC(=O)C(C)(C)C)C(C)C. The largest absolute Gasteiger partial charge is 0.379 e. The molecule has 1 saturated heterocycles. The van der Waals surface area contributed by atoms with Crippen LogP contribution in [0.15, 0.2) is 36.5 Å². The number of rotatable bonds is 18. The lowest BCUT2D eigenvalue weighted by molar-refractivity contribution is -0.149. The number of ketones is 1. The number of amides is 3. The predicted octanol–water partition coefficient (Wildman–Crippen LogP) is 5.99. The Hall–Kier alpha value is -2.78. The standard InChI is InChI=1S/C39H65N3O6/c1-12-27(4)35(41(9)38(46)30(26(2)3)24-33(43)39(6,7)8)32(47-10)25-34(44)42-23-17-20-31(42)36(48-11)28(5)37(45)40-22-21-29-18-15-13-14-16-19-29/h13-16,18-19,26-32,35-36H,12,17,20-25H2,1-11H3,(H,40,45)/t27-,28+,30-,31-,32+,35-,36+/m0/s1. The summed E-state index contributed by atoms with van der Waals surface area (Å²) in [5, 5.41) is 3.08. The van der Waals surface area contributed by atoms with Crippen molar-refractivity contribution < 1.29 is 28.7 Å². The molecule has 1 aliphatic heterocycles. The molecule has 0 aromatic carbocycles. The van der Waals surface area contributed by atoms with Gasteiger partial charge in [-0.25, -0.2) is 0 Å². The second kappa shape index (κ2) is 19.4. The second-order valence-electron chi connectivity index (χ2n) is 15.2. The quantitative estimate of drug-likeness (QED) is 0.192. The molecule has 272 valence electrons. The van der Waals surface area contributed by atoms with Crippen molar-refractivity contribution in [2.75, 3.05) is 34.4 Å². The van der Waals surface area contributed by atoms with Gasteiger partial charge < -0.3 is 24.6 Å². The minimum atomic E-state index is -0.544. The van der Waals surface area contributed by atoms with Crippen molar-refractivity contribution in [3.05, 3.63) is 36.5 Å². The van der Waals surface area contributed by atoms with Gasteiger partial charge in [-0.2, -0.15) is 0 Å². The zero-order valence-corrected chi connectivity index (χ0v) is 31.7. The van der Waals surface area contributed by atoms with Gasteiger partial charge in [-0.3, -0.25) is 19.2 Å². The number of likely N-dealkylation sites (N-methyl/N-ethyl adjacent to an activating group) is 1. The summed E-state index contributed by atoms with van der Waals surface area (Å²) in [6.07, 6.45) is 14.7. The van der Waals surface area contributed by atoms with E-state index in [2.05, 4.69) is 31.3 Å². The molecule has 2 rings (SSSR count). The van der Waals surface area contributed by atoms with Gasteiger partial charge in [0, 0.05) is 52.1 Å². The second-order valence-corrected chi connectivity index (χ2v) is 15.2. The van der Waals surface area contributed by atoms with Crippen LogP contribution in [0.3, 0.4) is 0 Å². The first kappa shape index (κ1) is 41.4. The highest BCUT2D eigenvalue weighted by atomic mass is 16.5. The molecule has 48 heavy (non-hydrogen) atoms. The van der Waals surface area contributed by atoms with E-state index in [0.29, 0.717) is 13.1 Å². The number of likely N-dealkylation sites (tertiary alicyclic amines) is 1. The number of nitrogens with one attached hydrogen (secondary N) is 1. The summed E-state index contributed by atoms with van der Waals surface area (Å²) in [5.74, 6) is -0.814. The van der Waals surface area contributed by atoms with Crippen molar-refractivity contribution in [1.29, 1.82) is 0 Å². The smallest absolute Gasteiger partial charge is 0.226 e. The Morgan fingerprint density at radius 2 is 1.58 bits per heavy atom. The lowest BCUT2D eigenvalue weighted by Crippen LogP contribution is -2.54. The summed E-state index contributed by atoms with van der Waals surface area (Å²) in [6.45, 7) is 16.8. The normalized spacial score (nSPS) is 20.6. The molecule has 1 fully saturated rings. The molecular formula is C39H65N3O6. The first-order chi connectivity index (χ1) is 22.6. The Balaban J connectivity index is 2.17. The van der Waals surface area contributed by atoms with Crippen molar-refractivity contribution in [1.82, 2.24) is 15.1 Å². The highest BCUT2D eigenvalue weighted by Crippen LogP contribution is 2.31. The van der Waals surface area contributed by atoms with E-state index in [0.717, 1.165) is 25.7 Å². The summed E-state index contributed by atoms with van der Waals surface area (Å²) in [6, 6.07) is -0.602. The third-order valence-corrected chi connectivity index (χ3v) is 10.4. The van der Waals surface area contributed by atoms with Gasteiger partial charge in [0.05, 0.1) is 36.6 Å². The fraction of sp³-hybridized carbons (Fsp3) is 0.744. The van der Waals surface area contributed by atoms with Gasteiger partial charge >= 0.3 is 0 Å². The summed E-state index contributed by atoms with van der Waals surface area (Å²) >= 11 is 0. The molecule has 2 aliphatic rings. The molecule has 0 saturated carbocycles. The van der Waals surface area contributed by atoms with Crippen LogP contribution < -0.4 is 5.32 Å². The number of allylic oxidation sites excluding steroid dienone is 6. The van der Waals surface area contributed by atoms with Gasteiger partial charge in [0.2, 0.25) is 17.7 Å². The van der Waals surface area contributed by atoms with Gasteiger partial charge in [-0.05, 0) is 37.0 Å². The minimum absolute atomic E-state index is 0.0234. The van der Waals surface area contributed by atoms with Gasteiger partial charge in [0.15, 0.2) is 0 Å². The highest BCUT2D eigenvalue weighted by Gasteiger charge is 2.43. The average Bonchev–Trinajstić information content (AvgIpc) is 3.38. The van der Waals surface area contributed by atoms with Crippen molar-refractivity contribution in [2.45, 2.75) is 118 Å². The number of carbonyl (C=O) groups excluding carboxylic acids is 4. The van der Waals surface area contributed by atoms with Crippen LogP contribution in [-0.4, -0.2) is 92.0 Å². The van der Waals surface area contributed by atoms with Crippen molar-refractivity contribution in [2.24, 2.45) is 35.0 Å². The van der Waals surface area contributed by atoms with Crippen molar-refractivity contribution in [3.8, 4) is 0 Å². The number of methoxy groups -OCH3 is 2. The van der Waals surface area contributed by atoms with Crippen LogP contribution in [-0.2, 0) is 28.7 Å². The molecule has 0 unspecified atom stereocenters. The number of Topliss-reactive ketones (excluding diaryl/α,β-unsaturated/α-hetero) is 1. The molecule has 1 N–H and O–H groups in total. The molecular weight excluding hydrogens is 606 g/mol. The van der Waals surface area contributed by atoms with E-state index in [1.807, 2.05) is 70.7 Å². The molecule has 9 heteroatoms. The van der Waals surface area contributed by atoms with E-state index >= 15 is 0 Å². The molecule has 9 nitrogen and oxygen atoms in total. The molecule has 0 radical (unpaired) electrons. The maximum Gasteiger partial charge on any atom is 0.226 e. The van der Waals surface area contributed by atoms with Crippen molar-refractivity contribution >= 4 is 23.5 Å². The van der Waals surface area contributed by atoms with Crippen LogP contribution in [0.5, 0.6) is 0 Å². The van der Waals surface area contributed by atoms with Crippen LogP contribution in [0.2, 0.25) is 0 Å². The molecule has 0 aromatic heterocycles. The van der Waals surface area contributed by atoms with E-state index in [-0.39, 0.29) is 66.2 Å². The van der Waals surface area contributed by atoms with Gasteiger partial charge in [-0.1, -0.05) is 98.3 Å². The van der Waals surface area contributed by atoms with E-state index < -0.39 is 29.5 Å². The lowest BCUT2D eigenvalue weighted by atomic mass is 9.80. The third-order valence-electron chi connectivity index (χ3n) is 10.4. The first-order valence-corrected chi connectivity index (χ1v) is 18.0. The number of ether oxygens (including phenoxy) is 2. The maximum absolute atomic E-state index is 14.0. The Bertz CT molecular complexity index is 1140. The fourth-order valence-electron chi connectivity index (χ4n) is 7.00. The zero-order chi connectivity index (χ0) is 36.2. The Morgan fingerprint density at radius 1 is 0.958 bits per heavy atom. The molecule has 1 aliphatic carbocycles. The Kier molecular flexibility index (Phi) is 16.7. The summed E-state index contributed by atoms with van der Waals surface area (Å²) in [4.78, 5) is 57.9. The third kappa shape index (κ3) is 11.4. The van der Waals surface area contributed by atoms with E-state index in [1.54, 1.807) is 26.2 Å². The molecule has 0 spiro atoms. The van der Waals surface area contributed by atoms with Crippen LogP contribution in [0.25, 0.3) is 0 Å². The van der Waals surface area contributed by atoms with E-state index in [9.17, 15) is 19.2 Å². The Labute approximate surface area is 290 Å². The van der Waals surface area contributed by atoms with Gasteiger partial charge in [0.1, 0.15) is 5.78 Å². The van der Waals surface area contributed by atoms with Crippen molar-refractivity contribution in [3.63, 3.8) is 0 Å². The van der Waals surface area contributed by atoms with Crippen LogP contribution in [0.1, 0.15) is 93.9 Å². The number of nitrogens with zero attached hydrogens (tertiary/aromatic N) is 2. The van der Waals surface area contributed by atoms with Crippen LogP contribution >= 0.6 is 0 Å². The lowest BCUT2D eigenvalue weighted by Gasteiger charge is -2.41. The van der Waals surface area contributed by atoms with Gasteiger partial charge in [-0.15, -0.1) is 0 Å². The number of carbonyl (C=O) groups is 4. The van der Waals surface area contributed by atoms with Crippen LogP contribution in [0.4, 0.5) is 0 Å². The van der Waals surface area contributed by atoms with E-state index in [4.69, 9.17) is 9.47 Å². The first-order valence-electron chi connectivity index (χ1n) is 18.0. The van der Waals surface area contributed by atoms with Crippen LogP contribution in [0, 0.1) is 35.0 Å². The minimum Gasteiger partial charge on any atom is -0.379 e. The molecule has 0 aromatic rings. The number of hydrogen-bond acceptors (Lipinski definition) is 6. The topological polar surface area (TPSA) is 105 Å². The molecule has 3 amide bonds.